The zero-order chi connectivity index (χ0) is 26.0. The Morgan fingerprint density at radius 1 is 0.889 bits per heavy atom. The van der Waals surface area contributed by atoms with E-state index in [4.69, 9.17) is 9.47 Å². The predicted molar refractivity (Wildman–Crippen MR) is 144 cm³/mol. The second-order valence-electron chi connectivity index (χ2n) is 9.99. The number of rotatable bonds is 6. The van der Waals surface area contributed by atoms with Gasteiger partial charge >= 0.3 is 11.9 Å². The molecule has 36 heavy (non-hydrogen) atoms. The summed E-state index contributed by atoms with van der Waals surface area (Å²) in [4.78, 5) is 25.0. The summed E-state index contributed by atoms with van der Waals surface area (Å²) in [5, 5.41) is 1.06. The smallest absolute Gasteiger partial charge is 0.339 e. The molecule has 1 aromatic heterocycles. The molecule has 4 aromatic rings. The van der Waals surface area contributed by atoms with Crippen LogP contribution in [-0.4, -0.2) is 28.7 Å². The molecule has 0 spiro atoms. The highest BCUT2D eigenvalue weighted by molar-refractivity contribution is 5.98. The number of ether oxygens (including phenoxy) is 2. The van der Waals surface area contributed by atoms with Gasteiger partial charge in [0.05, 0.1) is 17.7 Å². The standard InChI is InChI=1S/C31H33NO4/c1-7-35-29(33)24-16-17-28-27(18-24)20(2)21(3)32(28)19-22-12-14-23(15-13-22)25-10-8-9-11-26(25)30(34)36-31(4,5)6/h8-18H,7,19H2,1-6H3. The van der Waals surface area contributed by atoms with Crippen LogP contribution in [0.25, 0.3) is 22.0 Å². The molecule has 0 aliphatic heterocycles. The van der Waals surface area contributed by atoms with Gasteiger partial charge in [-0.1, -0.05) is 42.5 Å². The van der Waals surface area contributed by atoms with E-state index in [0.29, 0.717) is 24.3 Å². The van der Waals surface area contributed by atoms with E-state index in [1.165, 1.54) is 0 Å². The van der Waals surface area contributed by atoms with E-state index < -0.39 is 5.60 Å². The van der Waals surface area contributed by atoms with Gasteiger partial charge in [-0.25, -0.2) is 9.59 Å². The molecule has 0 bridgehead atoms. The lowest BCUT2D eigenvalue weighted by molar-refractivity contribution is 0.00702. The van der Waals surface area contributed by atoms with Gasteiger partial charge in [0.25, 0.3) is 0 Å². The van der Waals surface area contributed by atoms with Gasteiger partial charge in [0.15, 0.2) is 0 Å². The largest absolute Gasteiger partial charge is 0.462 e. The molecule has 5 heteroatoms. The Balaban J connectivity index is 1.62. The number of fused-ring (bicyclic) bond motifs is 1. The van der Waals surface area contributed by atoms with Gasteiger partial charge in [-0.2, -0.15) is 0 Å². The van der Waals surface area contributed by atoms with Gasteiger partial charge in [-0.3, -0.25) is 0 Å². The summed E-state index contributed by atoms with van der Waals surface area (Å²) in [5.41, 5.74) is 6.91. The average molecular weight is 484 g/mol. The van der Waals surface area contributed by atoms with Gasteiger partial charge in [-0.15, -0.1) is 0 Å². The summed E-state index contributed by atoms with van der Waals surface area (Å²) in [6.45, 7) is 12.7. The average Bonchev–Trinajstić information content (AvgIpc) is 3.08. The summed E-state index contributed by atoms with van der Waals surface area (Å²) in [7, 11) is 0. The molecule has 186 valence electrons. The number of esters is 2. The SMILES string of the molecule is CCOC(=O)c1ccc2c(c1)c(C)c(C)n2Cc1ccc(-c2ccccc2C(=O)OC(C)(C)C)cc1. The first-order valence-electron chi connectivity index (χ1n) is 12.3. The number of hydrogen-bond acceptors (Lipinski definition) is 4. The van der Waals surface area contributed by atoms with E-state index >= 15 is 0 Å². The molecule has 1 heterocycles. The van der Waals surface area contributed by atoms with E-state index in [1.807, 2.05) is 76.2 Å². The fourth-order valence-corrected chi connectivity index (χ4v) is 4.41. The van der Waals surface area contributed by atoms with Crippen molar-refractivity contribution in [1.82, 2.24) is 4.57 Å². The molecule has 0 saturated carbocycles. The second-order valence-corrected chi connectivity index (χ2v) is 9.99. The molecular formula is C31H33NO4. The molecule has 0 aliphatic carbocycles. The third kappa shape index (κ3) is 5.20. The van der Waals surface area contributed by atoms with Crippen LogP contribution < -0.4 is 0 Å². The topological polar surface area (TPSA) is 57.5 Å². The normalized spacial score (nSPS) is 11.5. The lowest BCUT2D eigenvalue weighted by Crippen LogP contribution is -2.24. The monoisotopic (exact) mass is 483 g/mol. The maximum atomic E-state index is 12.8. The number of aryl methyl sites for hydroxylation is 1. The first-order chi connectivity index (χ1) is 17.1. The molecule has 0 aliphatic rings. The lowest BCUT2D eigenvalue weighted by atomic mass is 9.98. The van der Waals surface area contributed by atoms with Crippen LogP contribution in [-0.2, 0) is 16.0 Å². The highest BCUT2D eigenvalue weighted by Gasteiger charge is 2.21. The molecule has 0 fully saturated rings. The van der Waals surface area contributed by atoms with Crippen molar-refractivity contribution in [2.24, 2.45) is 0 Å². The molecule has 0 unspecified atom stereocenters. The minimum atomic E-state index is -0.555. The summed E-state index contributed by atoms with van der Waals surface area (Å²) >= 11 is 0. The van der Waals surface area contributed by atoms with Crippen molar-refractivity contribution in [2.45, 2.75) is 53.7 Å². The maximum Gasteiger partial charge on any atom is 0.339 e. The Morgan fingerprint density at radius 2 is 1.58 bits per heavy atom. The highest BCUT2D eigenvalue weighted by Crippen LogP contribution is 2.29. The van der Waals surface area contributed by atoms with Crippen LogP contribution in [0.5, 0.6) is 0 Å². The number of carbonyl (C=O) groups excluding carboxylic acids is 2. The molecule has 0 atom stereocenters. The van der Waals surface area contributed by atoms with Crippen LogP contribution >= 0.6 is 0 Å². The van der Waals surface area contributed by atoms with Crippen LogP contribution in [0.15, 0.2) is 66.7 Å². The maximum absolute atomic E-state index is 12.8. The number of aromatic nitrogens is 1. The van der Waals surface area contributed by atoms with Gasteiger partial charge in [0, 0.05) is 23.1 Å². The summed E-state index contributed by atoms with van der Waals surface area (Å²) in [5.74, 6) is -0.624. The molecule has 4 rings (SSSR count). The molecule has 5 nitrogen and oxygen atoms in total. The Labute approximate surface area is 212 Å². The zero-order valence-corrected chi connectivity index (χ0v) is 21.8. The third-order valence-corrected chi connectivity index (χ3v) is 6.30. The summed E-state index contributed by atoms with van der Waals surface area (Å²) in [6, 6.07) is 21.6. The summed E-state index contributed by atoms with van der Waals surface area (Å²) in [6.07, 6.45) is 0. The Hall–Kier alpha value is -3.86. The Kier molecular flexibility index (Phi) is 7.02. The van der Waals surface area contributed by atoms with Crippen molar-refractivity contribution in [1.29, 1.82) is 0 Å². The number of nitrogens with zero attached hydrogens (tertiary/aromatic N) is 1. The first-order valence-corrected chi connectivity index (χ1v) is 12.3. The molecule has 0 saturated heterocycles. The van der Waals surface area contributed by atoms with E-state index in [1.54, 1.807) is 6.07 Å². The molecule has 3 aromatic carbocycles. The molecule has 0 radical (unpaired) electrons. The van der Waals surface area contributed by atoms with Crippen LogP contribution in [0.2, 0.25) is 0 Å². The van der Waals surface area contributed by atoms with Crippen molar-refractivity contribution in [3.8, 4) is 11.1 Å². The van der Waals surface area contributed by atoms with Gasteiger partial charge < -0.3 is 14.0 Å². The number of benzene rings is 3. The Bertz CT molecular complexity index is 1420. The van der Waals surface area contributed by atoms with E-state index in [9.17, 15) is 9.59 Å². The van der Waals surface area contributed by atoms with Crippen LogP contribution in [0.3, 0.4) is 0 Å². The van der Waals surface area contributed by atoms with Crippen LogP contribution in [0.4, 0.5) is 0 Å². The minimum Gasteiger partial charge on any atom is -0.462 e. The highest BCUT2D eigenvalue weighted by atomic mass is 16.6. The quantitative estimate of drug-likeness (QED) is 0.274. The van der Waals surface area contributed by atoms with Crippen molar-refractivity contribution in [3.63, 3.8) is 0 Å². The fourth-order valence-electron chi connectivity index (χ4n) is 4.41. The van der Waals surface area contributed by atoms with E-state index in [0.717, 1.165) is 38.9 Å². The number of hydrogen-bond donors (Lipinski definition) is 0. The minimum absolute atomic E-state index is 0.300. The fraction of sp³-hybridized carbons (Fsp3) is 0.290. The third-order valence-electron chi connectivity index (χ3n) is 6.30. The van der Waals surface area contributed by atoms with E-state index in [2.05, 4.69) is 30.5 Å². The molecular weight excluding hydrogens is 450 g/mol. The Morgan fingerprint density at radius 3 is 2.25 bits per heavy atom. The van der Waals surface area contributed by atoms with Crippen LogP contribution in [0.1, 0.15) is 65.2 Å². The van der Waals surface area contributed by atoms with Gasteiger partial charge in [0.2, 0.25) is 0 Å². The second kappa shape index (κ2) is 10.0. The lowest BCUT2D eigenvalue weighted by Gasteiger charge is -2.20. The molecule has 0 amide bonds. The van der Waals surface area contributed by atoms with Crippen LogP contribution in [0, 0.1) is 13.8 Å². The molecule has 0 N–H and O–H groups in total. The van der Waals surface area contributed by atoms with Gasteiger partial charge in [-0.05, 0) is 88.1 Å². The van der Waals surface area contributed by atoms with Gasteiger partial charge in [0.1, 0.15) is 5.60 Å². The number of carbonyl (C=O) groups is 2. The van der Waals surface area contributed by atoms with Crippen molar-refractivity contribution >= 4 is 22.8 Å². The predicted octanol–water partition coefficient (Wildman–Crippen LogP) is 7.11. The van der Waals surface area contributed by atoms with Crippen molar-refractivity contribution in [3.05, 3.63) is 94.7 Å². The van der Waals surface area contributed by atoms with E-state index in [-0.39, 0.29) is 11.9 Å². The van der Waals surface area contributed by atoms with Crippen molar-refractivity contribution < 1.29 is 19.1 Å². The zero-order valence-electron chi connectivity index (χ0n) is 21.8. The first kappa shape index (κ1) is 25.2. The summed E-state index contributed by atoms with van der Waals surface area (Å²) < 4.78 is 13.0. The van der Waals surface area contributed by atoms with Crippen molar-refractivity contribution in [2.75, 3.05) is 6.61 Å².